The zero-order valence-corrected chi connectivity index (χ0v) is 23.0. The highest BCUT2D eigenvalue weighted by molar-refractivity contribution is 5.92. The summed E-state index contributed by atoms with van der Waals surface area (Å²) in [7, 11) is 1.97. The highest BCUT2D eigenvalue weighted by Gasteiger charge is 2.31. The molecule has 1 aliphatic carbocycles. The monoisotopic (exact) mass is 503 g/mol. The molecule has 2 saturated heterocycles. The quantitative estimate of drug-likeness (QED) is 0.343. The van der Waals surface area contributed by atoms with Crippen molar-refractivity contribution in [1.29, 1.82) is 0 Å². The predicted molar refractivity (Wildman–Crippen MR) is 154 cm³/mol. The first-order valence-corrected chi connectivity index (χ1v) is 14.4. The second kappa shape index (κ2) is 11.2. The van der Waals surface area contributed by atoms with E-state index >= 15 is 4.39 Å². The average molecular weight is 504 g/mol. The lowest BCUT2D eigenvalue weighted by Crippen LogP contribution is -2.39. The fourth-order valence-corrected chi connectivity index (χ4v) is 5.73. The third kappa shape index (κ3) is 5.25. The summed E-state index contributed by atoms with van der Waals surface area (Å²) in [5.41, 5.74) is 4.32. The Hall–Kier alpha value is -2.89. The van der Waals surface area contributed by atoms with Gasteiger partial charge in [0.25, 0.3) is 0 Å². The summed E-state index contributed by atoms with van der Waals surface area (Å²) in [6.07, 6.45) is 6.77. The van der Waals surface area contributed by atoms with Gasteiger partial charge >= 0.3 is 0 Å². The molecule has 198 valence electrons. The highest BCUT2D eigenvalue weighted by Crippen LogP contribution is 2.42. The molecule has 0 radical (unpaired) electrons. The average Bonchev–Trinajstić information content (AvgIpc) is 3.74. The first-order valence-electron chi connectivity index (χ1n) is 14.4. The second-order valence-corrected chi connectivity index (χ2v) is 10.6. The van der Waals surface area contributed by atoms with Gasteiger partial charge < -0.3 is 14.7 Å². The molecule has 6 rings (SSSR count). The molecule has 0 bridgehead atoms. The summed E-state index contributed by atoms with van der Waals surface area (Å²) in [5, 5.41) is 0.980. The summed E-state index contributed by atoms with van der Waals surface area (Å²) in [6.45, 7) is 11.2. The number of benzene rings is 2. The number of aromatic nitrogens is 2. The van der Waals surface area contributed by atoms with E-state index in [9.17, 15) is 0 Å². The molecule has 1 aromatic heterocycles. The van der Waals surface area contributed by atoms with Crippen LogP contribution in [0.5, 0.6) is 0 Å². The van der Waals surface area contributed by atoms with Gasteiger partial charge in [-0.2, -0.15) is 0 Å². The van der Waals surface area contributed by atoms with Gasteiger partial charge in [-0.1, -0.05) is 39.0 Å². The van der Waals surface area contributed by atoms with E-state index in [1.165, 1.54) is 30.8 Å². The molecule has 0 amide bonds. The van der Waals surface area contributed by atoms with Gasteiger partial charge in [0.1, 0.15) is 17.5 Å². The summed E-state index contributed by atoms with van der Waals surface area (Å²) in [4.78, 5) is 16.9. The van der Waals surface area contributed by atoms with Crippen molar-refractivity contribution < 1.29 is 4.39 Å². The third-order valence-electron chi connectivity index (χ3n) is 8.04. The number of hydrogen-bond acceptors (Lipinski definition) is 5. The highest BCUT2D eigenvalue weighted by atomic mass is 19.1. The van der Waals surface area contributed by atoms with E-state index in [0.29, 0.717) is 17.5 Å². The Bertz CT molecular complexity index is 1210. The molecule has 0 spiro atoms. The van der Waals surface area contributed by atoms with Crippen LogP contribution < -0.4 is 14.7 Å². The Balaban J connectivity index is 0.00000137. The maximum absolute atomic E-state index is 15.1. The zero-order chi connectivity index (χ0) is 25.9. The number of nitrogens with zero attached hydrogens (tertiary/aromatic N) is 5. The van der Waals surface area contributed by atoms with Crippen LogP contribution in [0.25, 0.3) is 10.9 Å². The van der Waals surface area contributed by atoms with Gasteiger partial charge in [0.15, 0.2) is 0 Å². The van der Waals surface area contributed by atoms with Crippen LogP contribution in [0.4, 0.5) is 21.6 Å². The van der Waals surface area contributed by atoms with Crippen molar-refractivity contribution in [3.8, 4) is 0 Å². The van der Waals surface area contributed by atoms with Crippen LogP contribution in [-0.4, -0.2) is 49.7 Å². The van der Waals surface area contributed by atoms with Crippen LogP contribution >= 0.6 is 0 Å². The zero-order valence-electron chi connectivity index (χ0n) is 23.0. The van der Waals surface area contributed by atoms with Gasteiger partial charge in [0.2, 0.25) is 0 Å². The number of anilines is 3. The van der Waals surface area contributed by atoms with Crippen LogP contribution in [0, 0.1) is 5.82 Å². The van der Waals surface area contributed by atoms with Gasteiger partial charge in [-0.05, 0) is 62.1 Å². The minimum absolute atomic E-state index is 0.193. The molecule has 5 nitrogen and oxygen atoms in total. The van der Waals surface area contributed by atoms with E-state index in [4.69, 9.17) is 9.97 Å². The first-order chi connectivity index (χ1) is 18.1. The van der Waals surface area contributed by atoms with Crippen molar-refractivity contribution in [3.05, 3.63) is 53.6 Å². The number of piperidine rings is 1. The summed E-state index contributed by atoms with van der Waals surface area (Å²) >= 11 is 0. The molecular weight excluding hydrogens is 461 g/mol. The molecule has 37 heavy (non-hydrogen) atoms. The van der Waals surface area contributed by atoms with Crippen LogP contribution in [0.3, 0.4) is 0 Å². The van der Waals surface area contributed by atoms with E-state index in [1.54, 1.807) is 6.07 Å². The molecule has 3 aliphatic rings. The predicted octanol–water partition coefficient (Wildman–Crippen LogP) is 7.11. The lowest BCUT2D eigenvalue weighted by molar-refractivity contribution is 0.499. The van der Waals surface area contributed by atoms with Crippen LogP contribution in [0.1, 0.15) is 82.5 Å². The van der Waals surface area contributed by atoms with Gasteiger partial charge in [-0.15, -0.1) is 0 Å². The number of rotatable bonds is 7. The first kappa shape index (κ1) is 25.7. The van der Waals surface area contributed by atoms with Crippen LogP contribution in [0.2, 0.25) is 0 Å². The molecule has 0 unspecified atom stereocenters. The van der Waals surface area contributed by atoms with Crippen molar-refractivity contribution >= 4 is 28.1 Å². The van der Waals surface area contributed by atoms with E-state index in [1.807, 2.05) is 31.9 Å². The summed E-state index contributed by atoms with van der Waals surface area (Å²) in [6, 6.07) is 12.6. The molecule has 3 heterocycles. The lowest BCUT2D eigenvalue weighted by Gasteiger charge is -2.39. The molecule has 1 saturated carbocycles. The largest absolute Gasteiger partial charge is 0.372 e. The van der Waals surface area contributed by atoms with E-state index in [2.05, 4.69) is 41.0 Å². The number of hydrogen-bond donors (Lipinski definition) is 0. The van der Waals surface area contributed by atoms with Gasteiger partial charge in [0, 0.05) is 62.8 Å². The van der Waals surface area contributed by atoms with Gasteiger partial charge in [0.05, 0.1) is 11.2 Å². The normalized spacial score (nSPS) is 17.9. The molecule has 3 fully saturated rings. The van der Waals surface area contributed by atoms with Crippen LogP contribution in [0.15, 0.2) is 36.4 Å². The van der Waals surface area contributed by atoms with Gasteiger partial charge in [-0.25, -0.2) is 14.4 Å². The van der Waals surface area contributed by atoms with E-state index in [0.717, 1.165) is 74.3 Å². The van der Waals surface area contributed by atoms with Crippen molar-refractivity contribution in [1.82, 2.24) is 9.97 Å². The van der Waals surface area contributed by atoms with Crippen molar-refractivity contribution in [2.24, 2.45) is 0 Å². The van der Waals surface area contributed by atoms with Crippen molar-refractivity contribution in [2.75, 3.05) is 54.5 Å². The fraction of sp³-hybridized carbons (Fsp3) is 0.548. The maximum atomic E-state index is 15.1. The van der Waals surface area contributed by atoms with E-state index in [-0.39, 0.29) is 5.82 Å². The third-order valence-corrected chi connectivity index (χ3v) is 8.04. The Labute approximate surface area is 221 Å². The minimum atomic E-state index is -0.193. The summed E-state index contributed by atoms with van der Waals surface area (Å²) < 4.78 is 15.1. The fourth-order valence-electron chi connectivity index (χ4n) is 5.73. The van der Waals surface area contributed by atoms with Crippen LogP contribution in [-0.2, 0) is 0 Å². The minimum Gasteiger partial charge on any atom is -0.372 e. The van der Waals surface area contributed by atoms with Crippen molar-refractivity contribution in [2.45, 2.75) is 71.1 Å². The Kier molecular flexibility index (Phi) is 7.82. The van der Waals surface area contributed by atoms with Gasteiger partial charge in [-0.3, -0.25) is 0 Å². The summed E-state index contributed by atoms with van der Waals surface area (Å²) in [5.74, 6) is 2.71. The topological polar surface area (TPSA) is 35.5 Å². The SMILES string of the molecule is CC.CCCN(C)c1cc2c(N3CCC(c4ccccc4N4CCC4)CC3)nc(C3CC3)nc2cc1F. The molecule has 2 aromatic carbocycles. The lowest BCUT2D eigenvalue weighted by atomic mass is 9.87. The number of halogens is 1. The Morgan fingerprint density at radius 3 is 2.30 bits per heavy atom. The maximum Gasteiger partial charge on any atom is 0.148 e. The number of para-hydroxylation sites is 1. The van der Waals surface area contributed by atoms with Crippen molar-refractivity contribution in [3.63, 3.8) is 0 Å². The molecule has 3 aromatic rings. The molecule has 2 aliphatic heterocycles. The molecule has 0 atom stereocenters. The molecule has 0 N–H and O–H groups in total. The number of fused-ring (bicyclic) bond motifs is 1. The standard InChI is InChI=1S/C29H36FN5.C2H6/c1-3-13-33(2)27-18-23-25(19-24(27)30)31-28(21-9-10-21)32-29(23)35-16-11-20(12-17-35)22-7-4-5-8-26(22)34-14-6-15-34;1-2/h4-5,7-8,18-21H,3,6,9-17H2,1-2H3;1-2H3. The Morgan fingerprint density at radius 1 is 0.919 bits per heavy atom. The Morgan fingerprint density at radius 2 is 1.65 bits per heavy atom. The smallest absolute Gasteiger partial charge is 0.148 e. The van der Waals surface area contributed by atoms with E-state index < -0.39 is 0 Å². The molecular formula is C31H42FN5. The molecule has 6 heteroatoms. The second-order valence-electron chi connectivity index (χ2n) is 10.6.